The Morgan fingerprint density at radius 2 is 2.10 bits per heavy atom. The Hall–Kier alpha value is -2.41. The van der Waals surface area contributed by atoms with E-state index in [0.717, 1.165) is 11.3 Å². The van der Waals surface area contributed by atoms with Gasteiger partial charge in [-0.05, 0) is 26.0 Å². The Kier molecular flexibility index (Phi) is 4.54. The molecule has 0 saturated heterocycles. The normalized spacial score (nSPS) is 10.2. The number of carbonyl (C=O) groups is 2. The van der Waals surface area contributed by atoms with Crippen LogP contribution in [0.4, 0.5) is 5.13 Å². The molecule has 0 radical (unpaired) electrons. The summed E-state index contributed by atoms with van der Waals surface area (Å²) in [5.74, 6) is -1.07. The molecule has 0 fully saturated rings. The zero-order chi connectivity index (χ0) is 15.4. The number of para-hydroxylation sites is 1. The number of amides is 1. The number of benzene rings is 1. The van der Waals surface area contributed by atoms with Gasteiger partial charge in [0.05, 0.1) is 17.9 Å². The number of carbonyl (C=O) groups excluding carboxylic acids is 2. The predicted octanol–water partition coefficient (Wildman–Crippen LogP) is 2.59. The highest BCUT2D eigenvalue weighted by Gasteiger charge is 2.18. The van der Waals surface area contributed by atoms with Gasteiger partial charge in [0.25, 0.3) is 5.91 Å². The molecule has 0 atom stereocenters. The molecule has 0 bridgehead atoms. The van der Waals surface area contributed by atoms with Crippen LogP contribution in [0.1, 0.15) is 32.6 Å². The molecule has 110 valence electrons. The van der Waals surface area contributed by atoms with E-state index in [9.17, 15) is 14.7 Å². The Morgan fingerprint density at radius 3 is 2.76 bits per heavy atom. The third-order valence-electron chi connectivity index (χ3n) is 2.63. The second-order valence-corrected chi connectivity index (χ2v) is 5.12. The van der Waals surface area contributed by atoms with Gasteiger partial charge in [-0.1, -0.05) is 23.5 Å². The minimum Gasteiger partial charge on any atom is -0.507 e. The van der Waals surface area contributed by atoms with Crippen molar-refractivity contribution in [3.05, 3.63) is 40.4 Å². The highest BCUT2D eigenvalue weighted by molar-refractivity contribution is 7.17. The number of hydrogen-bond donors (Lipinski definition) is 2. The summed E-state index contributed by atoms with van der Waals surface area (Å²) in [6.45, 7) is 3.66. The molecule has 6 nitrogen and oxygen atoms in total. The Labute approximate surface area is 125 Å². The molecule has 1 heterocycles. The lowest BCUT2D eigenvalue weighted by atomic mass is 10.2. The molecule has 0 unspecified atom stereocenters. The van der Waals surface area contributed by atoms with Crippen LogP contribution in [0.3, 0.4) is 0 Å². The van der Waals surface area contributed by atoms with Crippen molar-refractivity contribution >= 4 is 28.3 Å². The Balaban J connectivity index is 2.17. The van der Waals surface area contributed by atoms with E-state index in [2.05, 4.69) is 10.3 Å². The topological polar surface area (TPSA) is 88.5 Å². The summed E-state index contributed by atoms with van der Waals surface area (Å²) in [6, 6.07) is 6.19. The molecule has 7 heteroatoms. The summed E-state index contributed by atoms with van der Waals surface area (Å²) in [4.78, 5) is 28.2. The number of anilines is 1. The molecule has 1 aromatic carbocycles. The molecule has 2 aromatic rings. The molecule has 0 saturated carbocycles. The van der Waals surface area contributed by atoms with E-state index in [1.807, 2.05) is 0 Å². The zero-order valence-electron chi connectivity index (χ0n) is 11.5. The lowest BCUT2D eigenvalue weighted by Crippen LogP contribution is -2.11. The molecule has 0 aliphatic rings. The van der Waals surface area contributed by atoms with Gasteiger partial charge >= 0.3 is 5.97 Å². The smallest absolute Gasteiger partial charge is 0.350 e. The fourth-order valence-electron chi connectivity index (χ4n) is 1.67. The fourth-order valence-corrected chi connectivity index (χ4v) is 2.52. The highest BCUT2D eigenvalue weighted by Crippen LogP contribution is 2.25. The number of thiazole rings is 1. The van der Waals surface area contributed by atoms with E-state index >= 15 is 0 Å². The van der Waals surface area contributed by atoms with Crippen LogP contribution >= 0.6 is 11.3 Å². The molecule has 0 aliphatic heterocycles. The average molecular weight is 306 g/mol. The molecule has 1 amide bonds. The van der Waals surface area contributed by atoms with E-state index in [0.29, 0.717) is 10.6 Å². The summed E-state index contributed by atoms with van der Waals surface area (Å²) in [5, 5.41) is 12.5. The van der Waals surface area contributed by atoms with E-state index in [-0.39, 0.29) is 23.1 Å². The number of aryl methyl sites for hydroxylation is 1. The van der Waals surface area contributed by atoms with Crippen LogP contribution in [0.25, 0.3) is 0 Å². The lowest BCUT2D eigenvalue weighted by molar-refractivity contribution is 0.0531. The second kappa shape index (κ2) is 6.36. The van der Waals surface area contributed by atoms with E-state index in [4.69, 9.17) is 4.74 Å². The average Bonchev–Trinajstić information content (AvgIpc) is 2.80. The number of ether oxygens (including phenoxy) is 1. The van der Waals surface area contributed by atoms with Crippen LogP contribution in [0.5, 0.6) is 5.75 Å². The number of esters is 1. The quantitative estimate of drug-likeness (QED) is 0.848. The first-order valence-electron chi connectivity index (χ1n) is 6.26. The van der Waals surface area contributed by atoms with Crippen LogP contribution in [0.15, 0.2) is 24.3 Å². The van der Waals surface area contributed by atoms with Crippen molar-refractivity contribution in [2.45, 2.75) is 13.8 Å². The number of nitrogens with zero attached hydrogens (tertiary/aromatic N) is 1. The van der Waals surface area contributed by atoms with E-state index in [1.54, 1.807) is 26.0 Å². The summed E-state index contributed by atoms with van der Waals surface area (Å²) in [5.41, 5.74) is 0.633. The monoisotopic (exact) mass is 306 g/mol. The van der Waals surface area contributed by atoms with Gasteiger partial charge in [0.1, 0.15) is 10.6 Å². The SMILES string of the molecule is CCOC(=O)c1sc(NC(=O)c2ccccc2O)nc1C. The van der Waals surface area contributed by atoms with Crippen molar-refractivity contribution in [3.8, 4) is 5.75 Å². The second-order valence-electron chi connectivity index (χ2n) is 4.13. The predicted molar refractivity (Wildman–Crippen MR) is 78.9 cm³/mol. The van der Waals surface area contributed by atoms with Crippen molar-refractivity contribution in [2.75, 3.05) is 11.9 Å². The van der Waals surface area contributed by atoms with Crippen LogP contribution < -0.4 is 5.32 Å². The van der Waals surface area contributed by atoms with Gasteiger partial charge in [-0.2, -0.15) is 0 Å². The first-order chi connectivity index (χ1) is 10.0. The van der Waals surface area contributed by atoms with Crippen molar-refractivity contribution in [2.24, 2.45) is 0 Å². The lowest BCUT2D eigenvalue weighted by Gasteiger charge is -2.03. The van der Waals surface area contributed by atoms with Gasteiger partial charge in [-0.25, -0.2) is 9.78 Å². The molecular formula is C14H14N2O4S. The van der Waals surface area contributed by atoms with Crippen LogP contribution in [-0.2, 0) is 4.74 Å². The summed E-state index contributed by atoms with van der Waals surface area (Å²) in [6.07, 6.45) is 0. The molecule has 21 heavy (non-hydrogen) atoms. The number of hydrogen-bond acceptors (Lipinski definition) is 6. The molecule has 1 aromatic heterocycles. The minimum absolute atomic E-state index is 0.117. The number of aromatic nitrogens is 1. The highest BCUT2D eigenvalue weighted by atomic mass is 32.1. The molecular weight excluding hydrogens is 292 g/mol. The standard InChI is InChI=1S/C14H14N2O4S/c1-3-20-13(19)11-8(2)15-14(21-11)16-12(18)9-6-4-5-7-10(9)17/h4-7,17H,3H2,1-2H3,(H,15,16,18). The Bertz CT molecular complexity index is 681. The number of phenolic OH excluding ortho intramolecular Hbond substituents is 1. The van der Waals surface area contributed by atoms with Gasteiger partial charge in [0.15, 0.2) is 5.13 Å². The maximum atomic E-state index is 12.0. The summed E-state index contributed by atoms with van der Waals surface area (Å²) < 4.78 is 4.91. The first kappa shape index (κ1) is 15.0. The van der Waals surface area contributed by atoms with Gasteiger partial charge in [-0.3, -0.25) is 10.1 Å². The third kappa shape index (κ3) is 3.38. The van der Waals surface area contributed by atoms with Crippen molar-refractivity contribution in [1.29, 1.82) is 0 Å². The van der Waals surface area contributed by atoms with Crippen molar-refractivity contribution < 1.29 is 19.4 Å². The summed E-state index contributed by atoms with van der Waals surface area (Å²) in [7, 11) is 0. The largest absolute Gasteiger partial charge is 0.507 e. The number of phenols is 1. The van der Waals surface area contributed by atoms with Gasteiger partial charge in [-0.15, -0.1) is 0 Å². The number of nitrogens with one attached hydrogen (secondary N) is 1. The zero-order valence-corrected chi connectivity index (χ0v) is 12.4. The maximum absolute atomic E-state index is 12.0. The number of aromatic hydroxyl groups is 1. The van der Waals surface area contributed by atoms with Crippen LogP contribution in [0, 0.1) is 6.92 Å². The number of rotatable bonds is 4. The molecule has 2 rings (SSSR count). The Morgan fingerprint density at radius 1 is 1.38 bits per heavy atom. The molecule has 2 N–H and O–H groups in total. The molecule has 0 spiro atoms. The van der Waals surface area contributed by atoms with Crippen molar-refractivity contribution in [3.63, 3.8) is 0 Å². The van der Waals surface area contributed by atoms with Gasteiger partial charge < -0.3 is 9.84 Å². The molecule has 0 aliphatic carbocycles. The first-order valence-corrected chi connectivity index (χ1v) is 7.08. The van der Waals surface area contributed by atoms with Gasteiger partial charge in [0, 0.05) is 0 Å². The fraction of sp³-hybridized carbons (Fsp3) is 0.214. The minimum atomic E-state index is -0.489. The maximum Gasteiger partial charge on any atom is 0.350 e. The van der Waals surface area contributed by atoms with Gasteiger partial charge in [0.2, 0.25) is 0 Å². The van der Waals surface area contributed by atoms with Crippen LogP contribution in [0.2, 0.25) is 0 Å². The van der Waals surface area contributed by atoms with E-state index in [1.165, 1.54) is 12.1 Å². The van der Waals surface area contributed by atoms with E-state index < -0.39 is 11.9 Å². The third-order valence-corrected chi connectivity index (χ3v) is 3.68. The van der Waals surface area contributed by atoms with Crippen molar-refractivity contribution in [1.82, 2.24) is 4.98 Å². The van der Waals surface area contributed by atoms with Crippen LogP contribution in [-0.4, -0.2) is 28.6 Å². The summed E-state index contributed by atoms with van der Waals surface area (Å²) >= 11 is 1.04.